The lowest BCUT2D eigenvalue weighted by atomic mass is 10.2. The molecular formula is C8H11ClN2O5. The maximum atomic E-state index is 11.1. The van der Waals surface area contributed by atoms with Crippen molar-refractivity contribution in [2.75, 3.05) is 6.54 Å². The Labute approximate surface area is 96.1 Å². The van der Waals surface area contributed by atoms with Gasteiger partial charge in [0.2, 0.25) is 0 Å². The number of amides is 2. The fourth-order valence-corrected chi connectivity index (χ4v) is 0.827. The van der Waals surface area contributed by atoms with Crippen molar-refractivity contribution in [3.05, 3.63) is 11.6 Å². The quantitative estimate of drug-likeness (QED) is 0.528. The van der Waals surface area contributed by atoms with Gasteiger partial charge in [-0.3, -0.25) is 4.79 Å². The first-order valence-electron chi connectivity index (χ1n) is 4.15. The topological polar surface area (TPSA) is 116 Å². The van der Waals surface area contributed by atoms with Gasteiger partial charge in [-0.05, 0) is 0 Å². The van der Waals surface area contributed by atoms with Crippen LogP contribution in [-0.2, 0) is 9.59 Å². The lowest BCUT2D eigenvalue weighted by molar-refractivity contribution is -0.145. The van der Waals surface area contributed by atoms with Gasteiger partial charge < -0.3 is 20.8 Å². The van der Waals surface area contributed by atoms with Crippen LogP contribution < -0.4 is 10.6 Å². The number of carbonyl (C=O) groups is 3. The summed E-state index contributed by atoms with van der Waals surface area (Å²) >= 11 is 5.36. The van der Waals surface area contributed by atoms with Crippen LogP contribution in [0.25, 0.3) is 0 Å². The van der Waals surface area contributed by atoms with Gasteiger partial charge in [-0.2, -0.15) is 0 Å². The van der Waals surface area contributed by atoms with E-state index in [9.17, 15) is 14.4 Å². The van der Waals surface area contributed by atoms with Gasteiger partial charge in [-0.1, -0.05) is 18.2 Å². The van der Waals surface area contributed by atoms with Crippen LogP contribution in [0, 0.1) is 0 Å². The SMILES string of the molecule is C=C(Cl)CNC(=O)N[C@@H](CC(=O)O)C(=O)O. The van der Waals surface area contributed by atoms with Gasteiger partial charge in [0.05, 0.1) is 13.0 Å². The molecule has 0 aliphatic carbocycles. The second-order valence-corrected chi connectivity index (χ2v) is 3.37. The number of urea groups is 1. The zero-order valence-electron chi connectivity index (χ0n) is 8.20. The Balaban J connectivity index is 4.18. The molecule has 0 spiro atoms. The van der Waals surface area contributed by atoms with Gasteiger partial charge in [0.1, 0.15) is 6.04 Å². The molecule has 8 heteroatoms. The molecule has 0 bridgehead atoms. The molecule has 0 aromatic heterocycles. The second kappa shape index (κ2) is 6.67. The maximum Gasteiger partial charge on any atom is 0.326 e. The number of hydrogen-bond acceptors (Lipinski definition) is 3. The number of carboxylic acids is 2. The Hall–Kier alpha value is -1.76. The van der Waals surface area contributed by atoms with Crippen LogP contribution in [0.15, 0.2) is 11.6 Å². The summed E-state index contributed by atoms with van der Waals surface area (Å²) in [7, 11) is 0. The van der Waals surface area contributed by atoms with E-state index in [1.807, 2.05) is 5.32 Å². The minimum atomic E-state index is -1.49. The van der Waals surface area contributed by atoms with E-state index >= 15 is 0 Å². The number of halogens is 1. The molecule has 0 unspecified atom stereocenters. The average molecular weight is 251 g/mol. The highest BCUT2D eigenvalue weighted by atomic mass is 35.5. The van der Waals surface area contributed by atoms with Gasteiger partial charge in [0, 0.05) is 5.03 Å². The lowest BCUT2D eigenvalue weighted by Crippen LogP contribution is -2.47. The van der Waals surface area contributed by atoms with E-state index in [1.54, 1.807) is 0 Å². The van der Waals surface area contributed by atoms with E-state index in [0.29, 0.717) is 0 Å². The van der Waals surface area contributed by atoms with E-state index in [1.165, 1.54) is 0 Å². The lowest BCUT2D eigenvalue weighted by Gasteiger charge is -2.12. The van der Waals surface area contributed by atoms with E-state index < -0.39 is 30.4 Å². The van der Waals surface area contributed by atoms with Gasteiger partial charge in [0.25, 0.3) is 0 Å². The highest BCUT2D eigenvalue weighted by molar-refractivity contribution is 6.29. The predicted molar refractivity (Wildman–Crippen MR) is 55.2 cm³/mol. The van der Waals surface area contributed by atoms with Crippen molar-refractivity contribution < 1.29 is 24.6 Å². The predicted octanol–water partition coefficient (Wildman–Crippen LogP) is -0.0340. The Morgan fingerprint density at radius 2 is 1.88 bits per heavy atom. The molecule has 0 fully saturated rings. The minimum Gasteiger partial charge on any atom is -0.481 e. The molecule has 0 aliphatic rings. The van der Waals surface area contributed by atoms with Crippen LogP contribution in [0.5, 0.6) is 0 Å². The molecule has 90 valence electrons. The van der Waals surface area contributed by atoms with Crippen molar-refractivity contribution in [1.29, 1.82) is 0 Å². The minimum absolute atomic E-state index is 0.0349. The van der Waals surface area contributed by atoms with Gasteiger partial charge >= 0.3 is 18.0 Å². The number of carboxylic acid groups (broad SMARTS) is 2. The number of nitrogens with one attached hydrogen (secondary N) is 2. The highest BCUT2D eigenvalue weighted by Gasteiger charge is 2.22. The molecule has 1 atom stereocenters. The van der Waals surface area contributed by atoms with Crippen LogP contribution >= 0.6 is 11.6 Å². The second-order valence-electron chi connectivity index (χ2n) is 2.83. The van der Waals surface area contributed by atoms with Crippen molar-refractivity contribution >= 4 is 29.6 Å². The largest absolute Gasteiger partial charge is 0.481 e. The molecule has 0 aromatic rings. The molecule has 0 heterocycles. The maximum absolute atomic E-state index is 11.1. The van der Waals surface area contributed by atoms with Crippen molar-refractivity contribution in [2.45, 2.75) is 12.5 Å². The number of aliphatic carboxylic acids is 2. The summed E-state index contributed by atoms with van der Waals surface area (Å²) < 4.78 is 0. The molecular weight excluding hydrogens is 240 g/mol. The Kier molecular flexibility index (Phi) is 5.94. The molecule has 0 aromatic carbocycles. The number of hydrogen-bond donors (Lipinski definition) is 4. The van der Waals surface area contributed by atoms with Crippen LogP contribution in [0.2, 0.25) is 0 Å². The monoisotopic (exact) mass is 250 g/mol. The molecule has 0 rings (SSSR count). The number of rotatable bonds is 6. The first kappa shape index (κ1) is 14.2. The third-order valence-corrected chi connectivity index (χ3v) is 1.56. The smallest absolute Gasteiger partial charge is 0.326 e. The highest BCUT2D eigenvalue weighted by Crippen LogP contribution is 1.94. The van der Waals surface area contributed by atoms with Gasteiger partial charge in [-0.15, -0.1) is 0 Å². The van der Waals surface area contributed by atoms with Crippen molar-refractivity contribution in [3.63, 3.8) is 0 Å². The zero-order valence-corrected chi connectivity index (χ0v) is 8.95. The van der Waals surface area contributed by atoms with Gasteiger partial charge in [0.15, 0.2) is 0 Å². The average Bonchev–Trinajstić information content (AvgIpc) is 2.12. The summed E-state index contributed by atoms with van der Waals surface area (Å²) in [5.41, 5.74) is 0. The van der Waals surface area contributed by atoms with Crippen LogP contribution in [0.4, 0.5) is 4.79 Å². The molecule has 0 saturated heterocycles. The summed E-state index contributed by atoms with van der Waals surface area (Å²) in [5, 5.41) is 21.3. The molecule has 2 amide bonds. The van der Waals surface area contributed by atoms with Crippen molar-refractivity contribution in [1.82, 2.24) is 10.6 Å². The normalized spacial score (nSPS) is 11.3. The fourth-order valence-electron chi connectivity index (χ4n) is 0.760. The third-order valence-electron chi connectivity index (χ3n) is 1.42. The molecule has 16 heavy (non-hydrogen) atoms. The van der Waals surface area contributed by atoms with Crippen LogP contribution in [0.3, 0.4) is 0 Å². The summed E-state index contributed by atoms with van der Waals surface area (Å²) in [6.45, 7) is 3.27. The fraction of sp³-hybridized carbons (Fsp3) is 0.375. The molecule has 7 nitrogen and oxygen atoms in total. The molecule has 0 radical (unpaired) electrons. The van der Waals surface area contributed by atoms with E-state index in [0.717, 1.165) is 0 Å². The van der Waals surface area contributed by atoms with E-state index in [2.05, 4.69) is 11.9 Å². The summed E-state index contributed by atoms with van der Waals surface area (Å²) in [6.07, 6.45) is -0.704. The Morgan fingerprint density at radius 1 is 1.31 bits per heavy atom. The molecule has 0 saturated carbocycles. The molecule has 4 N–H and O–H groups in total. The van der Waals surface area contributed by atoms with Crippen molar-refractivity contribution in [2.24, 2.45) is 0 Å². The van der Waals surface area contributed by atoms with E-state index in [4.69, 9.17) is 21.8 Å². The van der Waals surface area contributed by atoms with Gasteiger partial charge in [-0.25, -0.2) is 9.59 Å². The zero-order chi connectivity index (χ0) is 12.7. The summed E-state index contributed by atoms with van der Waals surface area (Å²) in [6, 6.07) is -2.31. The summed E-state index contributed by atoms with van der Waals surface area (Å²) in [4.78, 5) is 31.9. The van der Waals surface area contributed by atoms with E-state index in [-0.39, 0.29) is 11.6 Å². The standard InChI is InChI=1S/C8H11ClN2O5/c1-4(9)3-10-8(16)11-5(7(14)15)2-6(12)13/h5H,1-3H2,(H,12,13)(H,14,15)(H2,10,11,16)/t5-/m0/s1. The first-order valence-corrected chi connectivity index (χ1v) is 4.53. The van der Waals surface area contributed by atoms with Crippen LogP contribution in [0.1, 0.15) is 6.42 Å². The molecule has 0 aliphatic heterocycles. The first-order chi connectivity index (χ1) is 7.32. The van der Waals surface area contributed by atoms with Crippen LogP contribution in [-0.4, -0.2) is 40.8 Å². The number of carbonyl (C=O) groups excluding carboxylic acids is 1. The third kappa shape index (κ3) is 6.66. The Bertz CT molecular complexity index is 318. The van der Waals surface area contributed by atoms with Crippen molar-refractivity contribution in [3.8, 4) is 0 Å². The summed E-state index contributed by atoms with van der Waals surface area (Å²) in [5.74, 6) is -2.75. The Morgan fingerprint density at radius 3 is 2.25 bits per heavy atom.